The first-order valence-electron chi connectivity index (χ1n) is 9.21. The molecule has 0 radical (unpaired) electrons. The number of para-hydroxylation sites is 1. The van der Waals surface area contributed by atoms with Crippen LogP contribution in [0.3, 0.4) is 0 Å². The van der Waals surface area contributed by atoms with Crippen molar-refractivity contribution < 1.29 is 14.3 Å². The number of nitrogens with one attached hydrogen (secondary N) is 1. The van der Waals surface area contributed by atoms with Gasteiger partial charge in [-0.1, -0.05) is 18.2 Å². The summed E-state index contributed by atoms with van der Waals surface area (Å²) in [6, 6.07) is 19.2. The van der Waals surface area contributed by atoms with Gasteiger partial charge in [0.25, 0.3) is 11.5 Å². The Balaban J connectivity index is 1.67. The molecule has 1 N–H and O–H groups in total. The monoisotopic (exact) mass is 401 g/mol. The Morgan fingerprint density at radius 3 is 2.50 bits per heavy atom. The van der Waals surface area contributed by atoms with E-state index in [9.17, 15) is 9.59 Å². The van der Waals surface area contributed by atoms with Crippen molar-refractivity contribution in [2.24, 2.45) is 0 Å². The summed E-state index contributed by atoms with van der Waals surface area (Å²) in [7, 11) is 3.07. The van der Waals surface area contributed by atoms with Crippen LogP contribution in [0.4, 0.5) is 5.69 Å². The van der Waals surface area contributed by atoms with E-state index in [0.717, 1.165) is 5.69 Å². The Hall–Kier alpha value is -4.13. The quantitative estimate of drug-likeness (QED) is 0.552. The van der Waals surface area contributed by atoms with Gasteiger partial charge < -0.3 is 14.8 Å². The highest BCUT2D eigenvalue weighted by atomic mass is 16.5. The number of rotatable bonds is 5. The Labute approximate surface area is 172 Å². The molecule has 0 unspecified atom stereocenters. The molecular formula is C23H19N3O4. The number of amides is 1. The third-order valence-corrected chi connectivity index (χ3v) is 4.71. The summed E-state index contributed by atoms with van der Waals surface area (Å²) in [5, 5.41) is 3.24. The van der Waals surface area contributed by atoms with Gasteiger partial charge in [-0.25, -0.2) is 4.98 Å². The average molecular weight is 401 g/mol. The molecule has 150 valence electrons. The van der Waals surface area contributed by atoms with Crippen LogP contribution in [0.15, 0.2) is 77.9 Å². The van der Waals surface area contributed by atoms with Crippen LogP contribution in [-0.4, -0.2) is 29.7 Å². The van der Waals surface area contributed by atoms with Crippen LogP contribution in [-0.2, 0) is 0 Å². The van der Waals surface area contributed by atoms with Crippen molar-refractivity contribution in [3.63, 3.8) is 0 Å². The third kappa shape index (κ3) is 3.60. The number of ether oxygens (including phenoxy) is 2. The van der Waals surface area contributed by atoms with E-state index in [1.54, 1.807) is 43.5 Å². The summed E-state index contributed by atoms with van der Waals surface area (Å²) in [6.07, 6.45) is 1.47. The van der Waals surface area contributed by atoms with E-state index in [-0.39, 0.29) is 11.5 Å². The molecule has 0 aliphatic rings. The summed E-state index contributed by atoms with van der Waals surface area (Å²) in [5.41, 5.74) is 1.82. The van der Waals surface area contributed by atoms with Gasteiger partial charge in [-0.15, -0.1) is 0 Å². The highest BCUT2D eigenvalue weighted by molar-refractivity contribution is 6.06. The second-order valence-corrected chi connectivity index (χ2v) is 6.51. The summed E-state index contributed by atoms with van der Waals surface area (Å²) in [6.45, 7) is 0. The topological polar surface area (TPSA) is 82.5 Å². The van der Waals surface area contributed by atoms with E-state index in [1.807, 2.05) is 30.3 Å². The number of carbonyl (C=O) groups is 1. The summed E-state index contributed by atoms with van der Waals surface area (Å²) >= 11 is 0. The molecule has 0 fully saturated rings. The number of methoxy groups -OCH3 is 2. The maximum atomic E-state index is 12.8. The zero-order valence-corrected chi connectivity index (χ0v) is 16.5. The van der Waals surface area contributed by atoms with E-state index in [0.29, 0.717) is 33.7 Å². The predicted molar refractivity (Wildman–Crippen MR) is 115 cm³/mol. The lowest BCUT2D eigenvalue weighted by atomic mass is 10.1. The maximum absolute atomic E-state index is 12.8. The van der Waals surface area contributed by atoms with Gasteiger partial charge in [0.2, 0.25) is 0 Å². The predicted octanol–water partition coefficient (Wildman–Crippen LogP) is 3.66. The molecule has 1 heterocycles. The SMILES string of the molecule is COc1ccc(OC)c(NC(=O)c2ccc3c(=O)n(-c4ccccc4)cnc3c2)c1. The Morgan fingerprint density at radius 2 is 1.77 bits per heavy atom. The van der Waals surface area contributed by atoms with Crippen LogP contribution in [0.5, 0.6) is 11.5 Å². The fourth-order valence-corrected chi connectivity index (χ4v) is 3.14. The highest BCUT2D eigenvalue weighted by Crippen LogP contribution is 2.29. The van der Waals surface area contributed by atoms with Crippen LogP contribution in [0.25, 0.3) is 16.6 Å². The van der Waals surface area contributed by atoms with E-state index in [2.05, 4.69) is 10.3 Å². The van der Waals surface area contributed by atoms with Crippen molar-refractivity contribution in [3.8, 4) is 17.2 Å². The summed E-state index contributed by atoms with van der Waals surface area (Å²) in [5.74, 6) is 0.749. The number of fused-ring (bicyclic) bond motifs is 1. The molecule has 0 atom stereocenters. The van der Waals surface area contributed by atoms with Gasteiger partial charge in [-0.3, -0.25) is 14.2 Å². The molecule has 7 heteroatoms. The van der Waals surface area contributed by atoms with Crippen molar-refractivity contribution in [1.82, 2.24) is 9.55 Å². The van der Waals surface area contributed by atoms with Crippen molar-refractivity contribution in [2.45, 2.75) is 0 Å². The van der Waals surface area contributed by atoms with E-state index >= 15 is 0 Å². The van der Waals surface area contributed by atoms with Crippen molar-refractivity contribution in [1.29, 1.82) is 0 Å². The lowest BCUT2D eigenvalue weighted by molar-refractivity contribution is 0.102. The first-order chi connectivity index (χ1) is 14.6. The summed E-state index contributed by atoms with van der Waals surface area (Å²) in [4.78, 5) is 30.0. The zero-order chi connectivity index (χ0) is 21.1. The van der Waals surface area contributed by atoms with Gasteiger partial charge in [0.15, 0.2) is 0 Å². The maximum Gasteiger partial charge on any atom is 0.265 e. The molecule has 0 saturated carbocycles. The minimum Gasteiger partial charge on any atom is -0.497 e. The number of benzene rings is 3. The molecule has 4 rings (SSSR count). The largest absolute Gasteiger partial charge is 0.497 e. The fraction of sp³-hybridized carbons (Fsp3) is 0.0870. The number of nitrogens with zero attached hydrogens (tertiary/aromatic N) is 2. The number of anilines is 1. The molecule has 0 bridgehead atoms. The average Bonchev–Trinajstić information content (AvgIpc) is 2.79. The second-order valence-electron chi connectivity index (χ2n) is 6.51. The molecular weight excluding hydrogens is 382 g/mol. The molecule has 1 aromatic heterocycles. The smallest absolute Gasteiger partial charge is 0.265 e. The van der Waals surface area contributed by atoms with Gasteiger partial charge in [0.05, 0.1) is 36.5 Å². The summed E-state index contributed by atoms with van der Waals surface area (Å²) < 4.78 is 12.0. The van der Waals surface area contributed by atoms with E-state index in [4.69, 9.17) is 9.47 Å². The molecule has 0 spiro atoms. The molecule has 0 aliphatic heterocycles. The van der Waals surface area contributed by atoms with Gasteiger partial charge in [0.1, 0.15) is 17.8 Å². The zero-order valence-electron chi connectivity index (χ0n) is 16.5. The molecule has 0 saturated heterocycles. The number of hydrogen-bond donors (Lipinski definition) is 1. The molecule has 30 heavy (non-hydrogen) atoms. The molecule has 7 nitrogen and oxygen atoms in total. The van der Waals surface area contributed by atoms with Gasteiger partial charge >= 0.3 is 0 Å². The minimum atomic E-state index is -0.350. The Kier molecular flexibility index (Phi) is 5.17. The second kappa shape index (κ2) is 8.08. The van der Waals surface area contributed by atoms with Crippen LogP contribution in [0, 0.1) is 0 Å². The molecule has 3 aromatic carbocycles. The number of carbonyl (C=O) groups excluding carboxylic acids is 1. The first-order valence-corrected chi connectivity index (χ1v) is 9.21. The minimum absolute atomic E-state index is 0.201. The normalized spacial score (nSPS) is 10.6. The van der Waals surface area contributed by atoms with E-state index < -0.39 is 0 Å². The molecule has 1 amide bonds. The fourth-order valence-electron chi connectivity index (χ4n) is 3.14. The van der Waals surface area contributed by atoms with Crippen LogP contribution >= 0.6 is 0 Å². The van der Waals surface area contributed by atoms with Crippen molar-refractivity contribution >= 4 is 22.5 Å². The van der Waals surface area contributed by atoms with Gasteiger partial charge in [0, 0.05) is 11.6 Å². The van der Waals surface area contributed by atoms with Crippen LogP contribution < -0.4 is 20.3 Å². The Bertz CT molecular complexity index is 1280. The van der Waals surface area contributed by atoms with Gasteiger partial charge in [-0.2, -0.15) is 0 Å². The standard InChI is InChI=1S/C23H19N3O4/c1-29-17-9-11-21(30-2)20(13-17)25-22(27)15-8-10-18-19(12-15)24-14-26(23(18)28)16-6-4-3-5-7-16/h3-14H,1-2H3,(H,25,27). The van der Waals surface area contributed by atoms with E-state index in [1.165, 1.54) is 18.0 Å². The lowest BCUT2D eigenvalue weighted by Gasteiger charge is -2.12. The highest BCUT2D eigenvalue weighted by Gasteiger charge is 2.13. The van der Waals surface area contributed by atoms with Crippen LogP contribution in [0.2, 0.25) is 0 Å². The molecule has 0 aliphatic carbocycles. The number of aromatic nitrogens is 2. The number of hydrogen-bond acceptors (Lipinski definition) is 5. The van der Waals surface area contributed by atoms with Crippen molar-refractivity contribution in [3.05, 3.63) is 89.0 Å². The third-order valence-electron chi connectivity index (χ3n) is 4.71. The van der Waals surface area contributed by atoms with Crippen molar-refractivity contribution in [2.75, 3.05) is 19.5 Å². The lowest BCUT2D eigenvalue weighted by Crippen LogP contribution is -2.19. The van der Waals surface area contributed by atoms with Crippen LogP contribution in [0.1, 0.15) is 10.4 Å². The first kappa shape index (κ1) is 19.2. The molecule has 4 aromatic rings. The Morgan fingerprint density at radius 1 is 0.967 bits per heavy atom. The van der Waals surface area contributed by atoms with Gasteiger partial charge in [-0.05, 0) is 42.5 Å².